The largest absolute Gasteiger partial charge is 0.399 e. The molecule has 2 rings (SSSR count). The minimum absolute atomic E-state index is 0.182. The van der Waals surface area contributed by atoms with Gasteiger partial charge >= 0.3 is 0 Å². The highest BCUT2D eigenvalue weighted by Crippen LogP contribution is 2.22. The van der Waals surface area contributed by atoms with Crippen molar-refractivity contribution in [2.45, 2.75) is 18.7 Å². The van der Waals surface area contributed by atoms with E-state index in [9.17, 15) is 8.42 Å². The molecule has 0 aliphatic rings. The predicted octanol–water partition coefficient (Wildman–Crippen LogP) is 2.14. The van der Waals surface area contributed by atoms with E-state index in [1.807, 2.05) is 6.92 Å². The Morgan fingerprint density at radius 2 is 2.06 bits per heavy atom. The fourth-order valence-corrected chi connectivity index (χ4v) is 3.42. The van der Waals surface area contributed by atoms with Gasteiger partial charge in [-0.3, -0.25) is 4.72 Å². The molecular weight excluding hydrogens is 270 g/mol. The van der Waals surface area contributed by atoms with Crippen LogP contribution in [0.2, 0.25) is 0 Å². The van der Waals surface area contributed by atoms with Crippen molar-refractivity contribution in [2.24, 2.45) is 0 Å². The van der Waals surface area contributed by atoms with Gasteiger partial charge in [-0.2, -0.15) is 0 Å². The number of rotatable bonds is 3. The topological polar surface area (TPSA) is 85.1 Å². The van der Waals surface area contributed by atoms with Crippen molar-refractivity contribution in [3.05, 3.63) is 34.8 Å². The number of aromatic nitrogens is 1. The SMILES string of the molecule is Cc1csc(NS(=O)(=O)c2ccc(N)c(C)c2)n1. The van der Waals surface area contributed by atoms with E-state index >= 15 is 0 Å². The van der Waals surface area contributed by atoms with Gasteiger partial charge in [0.15, 0.2) is 5.13 Å². The maximum atomic E-state index is 12.1. The van der Waals surface area contributed by atoms with Gasteiger partial charge in [-0.1, -0.05) is 0 Å². The number of nitrogen functional groups attached to an aromatic ring is 1. The average Bonchev–Trinajstić information content (AvgIpc) is 2.67. The van der Waals surface area contributed by atoms with Crippen molar-refractivity contribution in [3.8, 4) is 0 Å². The first-order chi connectivity index (χ1) is 8.38. The lowest BCUT2D eigenvalue weighted by molar-refractivity contribution is 0.601. The number of hydrogen-bond acceptors (Lipinski definition) is 5. The smallest absolute Gasteiger partial charge is 0.263 e. The summed E-state index contributed by atoms with van der Waals surface area (Å²) < 4.78 is 26.6. The van der Waals surface area contributed by atoms with Gasteiger partial charge < -0.3 is 5.73 Å². The average molecular weight is 283 g/mol. The number of benzene rings is 1. The Balaban J connectivity index is 2.33. The summed E-state index contributed by atoms with van der Waals surface area (Å²) in [6.07, 6.45) is 0. The molecule has 1 aromatic heterocycles. The Labute approximate surface area is 110 Å². The number of thiazole rings is 1. The fourth-order valence-electron chi connectivity index (χ4n) is 1.39. The van der Waals surface area contributed by atoms with Crippen molar-refractivity contribution < 1.29 is 8.42 Å². The molecule has 0 bridgehead atoms. The van der Waals surface area contributed by atoms with Gasteiger partial charge in [0.1, 0.15) is 0 Å². The molecule has 0 saturated carbocycles. The van der Waals surface area contributed by atoms with Crippen molar-refractivity contribution in [3.63, 3.8) is 0 Å². The Kier molecular flexibility index (Phi) is 3.27. The maximum absolute atomic E-state index is 12.1. The van der Waals surface area contributed by atoms with E-state index in [-0.39, 0.29) is 4.90 Å². The molecule has 0 spiro atoms. The number of nitrogens with one attached hydrogen (secondary N) is 1. The molecule has 0 fully saturated rings. The number of nitrogens with zero attached hydrogens (tertiary/aromatic N) is 1. The minimum Gasteiger partial charge on any atom is -0.399 e. The summed E-state index contributed by atoms with van der Waals surface area (Å²) in [5, 5.41) is 2.15. The van der Waals surface area contributed by atoms with Crippen molar-refractivity contribution >= 4 is 32.2 Å². The van der Waals surface area contributed by atoms with Crippen molar-refractivity contribution in [1.82, 2.24) is 4.98 Å². The Hall–Kier alpha value is -1.60. The van der Waals surface area contributed by atoms with Crippen molar-refractivity contribution in [2.75, 3.05) is 10.5 Å². The molecule has 5 nitrogen and oxygen atoms in total. The standard InChI is InChI=1S/C11H13N3O2S2/c1-7-5-9(3-4-10(7)12)18(15,16)14-11-13-8(2)6-17-11/h3-6H,12H2,1-2H3,(H,13,14). The Morgan fingerprint density at radius 3 is 2.61 bits per heavy atom. The van der Waals surface area contributed by atoms with E-state index < -0.39 is 10.0 Å². The molecule has 1 aromatic carbocycles. The van der Waals surface area contributed by atoms with E-state index in [1.54, 1.807) is 18.4 Å². The van der Waals surface area contributed by atoms with Gasteiger partial charge in [0.05, 0.1) is 10.6 Å². The lowest BCUT2D eigenvalue weighted by Crippen LogP contribution is -2.13. The number of anilines is 2. The summed E-state index contributed by atoms with van der Waals surface area (Å²) in [7, 11) is -3.60. The van der Waals surface area contributed by atoms with Gasteiger partial charge in [0.25, 0.3) is 10.0 Å². The molecule has 0 radical (unpaired) electrons. The van der Waals surface area contributed by atoms with Crippen molar-refractivity contribution in [1.29, 1.82) is 0 Å². The second-order valence-corrected chi connectivity index (χ2v) is 6.46. The normalized spacial score (nSPS) is 11.4. The Morgan fingerprint density at radius 1 is 1.33 bits per heavy atom. The van der Waals surface area contributed by atoms with Gasteiger partial charge in [-0.05, 0) is 37.6 Å². The van der Waals surface area contributed by atoms with Crippen LogP contribution in [-0.2, 0) is 10.0 Å². The van der Waals surface area contributed by atoms with E-state index in [2.05, 4.69) is 9.71 Å². The second kappa shape index (κ2) is 4.58. The zero-order valence-corrected chi connectivity index (χ0v) is 11.6. The predicted molar refractivity (Wildman–Crippen MR) is 73.3 cm³/mol. The molecule has 0 atom stereocenters. The van der Waals surface area contributed by atoms with Crippen LogP contribution in [0.3, 0.4) is 0 Å². The molecule has 1 heterocycles. The van der Waals surface area contributed by atoms with E-state index in [1.165, 1.54) is 23.5 Å². The summed E-state index contributed by atoms with van der Waals surface area (Å²) in [6.45, 7) is 3.57. The van der Waals surface area contributed by atoms with Crippen LogP contribution in [0.25, 0.3) is 0 Å². The fraction of sp³-hybridized carbons (Fsp3) is 0.182. The van der Waals surface area contributed by atoms with E-state index in [0.717, 1.165) is 11.3 Å². The lowest BCUT2D eigenvalue weighted by Gasteiger charge is -2.07. The minimum atomic E-state index is -3.60. The molecule has 0 saturated heterocycles. The summed E-state index contributed by atoms with van der Waals surface area (Å²) in [5.41, 5.74) is 7.74. The summed E-state index contributed by atoms with van der Waals surface area (Å²) >= 11 is 1.25. The first kappa shape index (κ1) is 12.8. The van der Waals surface area contributed by atoms with Crippen LogP contribution in [0.15, 0.2) is 28.5 Å². The van der Waals surface area contributed by atoms with Crippen LogP contribution in [0.4, 0.5) is 10.8 Å². The number of aryl methyl sites for hydroxylation is 2. The number of nitrogens with two attached hydrogens (primary N) is 1. The van der Waals surface area contributed by atoms with Gasteiger partial charge in [0.2, 0.25) is 0 Å². The third kappa shape index (κ3) is 2.62. The summed E-state index contributed by atoms with van der Waals surface area (Å²) in [6, 6.07) is 4.60. The molecule has 96 valence electrons. The van der Waals surface area contributed by atoms with Gasteiger partial charge in [-0.25, -0.2) is 13.4 Å². The molecule has 18 heavy (non-hydrogen) atoms. The molecule has 0 amide bonds. The first-order valence-corrected chi connectivity index (χ1v) is 7.56. The highest BCUT2D eigenvalue weighted by molar-refractivity contribution is 7.93. The zero-order valence-electron chi connectivity index (χ0n) is 9.97. The number of sulfonamides is 1. The lowest BCUT2D eigenvalue weighted by atomic mass is 10.2. The highest BCUT2D eigenvalue weighted by Gasteiger charge is 2.16. The van der Waals surface area contributed by atoms with Crippen LogP contribution in [0, 0.1) is 13.8 Å². The molecule has 7 heteroatoms. The molecule has 0 unspecified atom stereocenters. The third-order valence-corrected chi connectivity index (χ3v) is 4.73. The maximum Gasteiger partial charge on any atom is 0.263 e. The molecule has 0 aliphatic carbocycles. The zero-order chi connectivity index (χ0) is 13.3. The van der Waals surface area contributed by atoms with Crippen LogP contribution in [-0.4, -0.2) is 13.4 Å². The summed E-state index contributed by atoms with van der Waals surface area (Å²) in [5.74, 6) is 0. The van der Waals surface area contributed by atoms with E-state index in [4.69, 9.17) is 5.73 Å². The molecule has 0 aliphatic heterocycles. The first-order valence-electron chi connectivity index (χ1n) is 5.19. The molecular formula is C11H13N3O2S2. The van der Waals surface area contributed by atoms with Crippen LogP contribution in [0.5, 0.6) is 0 Å². The van der Waals surface area contributed by atoms with Gasteiger partial charge in [0, 0.05) is 11.1 Å². The van der Waals surface area contributed by atoms with Crippen LogP contribution >= 0.6 is 11.3 Å². The highest BCUT2D eigenvalue weighted by atomic mass is 32.2. The number of hydrogen-bond donors (Lipinski definition) is 2. The van der Waals surface area contributed by atoms with E-state index in [0.29, 0.717) is 10.8 Å². The van der Waals surface area contributed by atoms with Gasteiger partial charge in [-0.15, -0.1) is 11.3 Å². The quantitative estimate of drug-likeness (QED) is 0.845. The van der Waals surface area contributed by atoms with Crippen LogP contribution in [0.1, 0.15) is 11.3 Å². The third-order valence-electron chi connectivity index (χ3n) is 2.39. The second-order valence-electron chi connectivity index (χ2n) is 3.92. The van der Waals surface area contributed by atoms with Crippen LogP contribution < -0.4 is 10.5 Å². The molecule has 2 aromatic rings. The molecule has 3 N–H and O–H groups in total. The summed E-state index contributed by atoms with van der Waals surface area (Å²) in [4.78, 5) is 4.25. The monoisotopic (exact) mass is 283 g/mol. The Bertz CT molecular complexity index is 677.